The van der Waals surface area contributed by atoms with Crippen molar-refractivity contribution in [2.24, 2.45) is 0 Å². The normalized spacial score (nSPS) is 10.0. The van der Waals surface area contributed by atoms with Gasteiger partial charge in [-0.1, -0.05) is 6.42 Å². The number of ether oxygens (including phenoxy) is 2. The van der Waals surface area contributed by atoms with Crippen LogP contribution in [0.1, 0.15) is 25.7 Å². The van der Waals surface area contributed by atoms with Crippen LogP contribution in [0.25, 0.3) is 0 Å². The molecule has 5 nitrogen and oxygen atoms in total. The fraction of sp³-hybridized carbons (Fsp3) is 0.500. The van der Waals surface area contributed by atoms with E-state index < -0.39 is 5.97 Å². The molecule has 0 aliphatic carbocycles. The average molecular weight is 267 g/mol. The Morgan fingerprint density at radius 2 is 1.74 bits per heavy atom. The lowest BCUT2D eigenvalue weighted by Crippen LogP contribution is -2.03. The first-order valence-corrected chi connectivity index (χ1v) is 6.34. The van der Waals surface area contributed by atoms with Gasteiger partial charge in [-0.05, 0) is 12.8 Å². The number of nitrogens with one attached hydrogen (secondary N) is 1. The summed E-state index contributed by atoms with van der Waals surface area (Å²) in [6, 6.07) is 5.62. The zero-order chi connectivity index (χ0) is 14.1. The second-order valence-electron chi connectivity index (χ2n) is 4.23. The number of benzene rings is 1. The molecule has 0 saturated heterocycles. The number of unbranched alkanes of at least 4 members (excludes halogenated alkanes) is 2. The zero-order valence-corrected chi connectivity index (χ0v) is 11.4. The maximum atomic E-state index is 10.4. The van der Waals surface area contributed by atoms with Gasteiger partial charge in [-0.3, -0.25) is 4.79 Å². The van der Waals surface area contributed by atoms with E-state index in [0.29, 0.717) is 0 Å². The molecule has 106 valence electrons. The minimum Gasteiger partial charge on any atom is -0.497 e. The number of carboxylic acids is 1. The molecule has 0 radical (unpaired) electrons. The third kappa shape index (κ3) is 5.99. The molecule has 2 N–H and O–H groups in total. The van der Waals surface area contributed by atoms with Crippen LogP contribution < -0.4 is 14.8 Å². The SMILES string of the molecule is COc1cc(NCCCCCC(=O)O)cc(OC)c1. The second kappa shape index (κ2) is 8.24. The van der Waals surface area contributed by atoms with Crippen LogP contribution in [0.2, 0.25) is 0 Å². The predicted octanol–water partition coefficient (Wildman–Crippen LogP) is 2.76. The molecule has 0 bridgehead atoms. The molecule has 0 spiro atoms. The number of carbonyl (C=O) groups is 1. The van der Waals surface area contributed by atoms with Crippen molar-refractivity contribution in [2.45, 2.75) is 25.7 Å². The van der Waals surface area contributed by atoms with E-state index in [9.17, 15) is 4.79 Å². The van der Waals surface area contributed by atoms with Crippen LogP contribution in [0.3, 0.4) is 0 Å². The van der Waals surface area contributed by atoms with Crippen LogP contribution >= 0.6 is 0 Å². The second-order valence-corrected chi connectivity index (χ2v) is 4.23. The molecule has 0 aliphatic heterocycles. The number of methoxy groups -OCH3 is 2. The highest BCUT2D eigenvalue weighted by molar-refractivity contribution is 5.66. The highest BCUT2D eigenvalue weighted by Crippen LogP contribution is 2.25. The molecule has 0 atom stereocenters. The van der Waals surface area contributed by atoms with Crippen molar-refractivity contribution in [2.75, 3.05) is 26.1 Å². The Kier molecular flexibility index (Phi) is 6.57. The fourth-order valence-corrected chi connectivity index (χ4v) is 1.72. The van der Waals surface area contributed by atoms with Crippen molar-refractivity contribution in [3.63, 3.8) is 0 Å². The Labute approximate surface area is 113 Å². The van der Waals surface area contributed by atoms with Crippen molar-refractivity contribution >= 4 is 11.7 Å². The monoisotopic (exact) mass is 267 g/mol. The summed E-state index contributed by atoms with van der Waals surface area (Å²) in [5.74, 6) is 0.756. The molecule has 1 rings (SSSR count). The Bertz CT molecular complexity index is 384. The maximum Gasteiger partial charge on any atom is 0.303 e. The first-order valence-electron chi connectivity index (χ1n) is 6.34. The molecule has 1 aromatic rings. The van der Waals surface area contributed by atoms with Crippen molar-refractivity contribution in [3.8, 4) is 11.5 Å². The zero-order valence-electron chi connectivity index (χ0n) is 11.4. The van der Waals surface area contributed by atoms with Crippen LogP contribution in [0.4, 0.5) is 5.69 Å². The summed E-state index contributed by atoms with van der Waals surface area (Å²) >= 11 is 0. The molecule has 0 unspecified atom stereocenters. The molecule has 0 saturated carbocycles. The quantitative estimate of drug-likeness (QED) is 0.673. The Balaban J connectivity index is 2.34. The predicted molar refractivity (Wildman–Crippen MR) is 74.1 cm³/mol. The van der Waals surface area contributed by atoms with E-state index in [0.717, 1.165) is 43.0 Å². The Morgan fingerprint density at radius 3 is 2.26 bits per heavy atom. The summed E-state index contributed by atoms with van der Waals surface area (Å²) in [7, 11) is 3.23. The first kappa shape index (κ1) is 15.1. The summed E-state index contributed by atoms with van der Waals surface area (Å²) in [6.45, 7) is 0.802. The van der Waals surface area contributed by atoms with E-state index >= 15 is 0 Å². The van der Waals surface area contributed by atoms with Crippen LogP contribution in [0, 0.1) is 0 Å². The van der Waals surface area contributed by atoms with Crippen molar-refractivity contribution in [3.05, 3.63) is 18.2 Å². The molecule has 0 heterocycles. The minimum absolute atomic E-state index is 0.243. The number of hydrogen-bond donors (Lipinski definition) is 2. The number of hydrogen-bond acceptors (Lipinski definition) is 4. The Hall–Kier alpha value is -1.91. The molecule has 0 aliphatic rings. The van der Waals surface area contributed by atoms with Crippen LogP contribution in [0.5, 0.6) is 11.5 Å². The number of aliphatic carboxylic acids is 1. The van der Waals surface area contributed by atoms with Crippen molar-refractivity contribution in [1.82, 2.24) is 0 Å². The standard InChI is InChI=1S/C14H21NO4/c1-18-12-8-11(9-13(10-12)19-2)15-7-5-3-4-6-14(16)17/h8-10,15H,3-7H2,1-2H3,(H,16,17). The van der Waals surface area contributed by atoms with Gasteiger partial charge >= 0.3 is 5.97 Å². The molecule has 0 amide bonds. The van der Waals surface area contributed by atoms with E-state index in [1.165, 1.54) is 0 Å². The largest absolute Gasteiger partial charge is 0.497 e. The molecular formula is C14H21NO4. The Morgan fingerprint density at radius 1 is 1.11 bits per heavy atom. The van der Waals surface area contributed by atoms with E-state index in [4.69, 9.17) is 14.6 Å². The molecule has 0 fully saturated rings. The highest BCUT2D eigenvalue weighted by Gasteiger charge is 2.01. The van der Waals surface area contributed by atoms with Gasteiger partial charge in [0.15, 0.2) is 0 Å². The van der Waals surface area contributed by atoms with Gasteiger partial charge < -0.3 is 19.9 Å². The first-order chi connectivity index (χ1) is 9.15. The van der Waals surface area contributed by atoms with Crippen LogP contribution in [0.15, 0.2) is 18.2 Å². The lowest BCUT2D eigenvalue weighted by atomic mass is 10.2. The number of carboxylic acid groups (broad SMARTS) is 1. The van der Waals surface area contributed by atoms with Gasteiger partial charge in [0, 0.05) is 36.9 Å². The molecule has 1 aromatic carbocycles. The van der Waals surface area contributed by atoms with Gasteiger partial charge in [-0.2, -0.15) is 0 Å². The number of rotatable bonds is 9. The van der Waals surface area contributed by atoms with Gasteiger partial charge in [-0.15, -0.1) is 0 Å². The van der Waals surface area contributed by atoms with Gasteiger partial charge in [-0.25, -0.2) is 0 Å². The smallest absolute Gasteiger partial charge is 0.303 e. The lowest BCUT2D eigenvalue weighted by molar-refractivity contribution is -0.137. The number of anilines is 1. The van der Waals surface area contributed by atoms with Gasteiger partial charge in [0.05, 0.1) is 14.2 Å². The van der Waals surface area contributed by atoms with E-state index in [2.05, 4.69) is 5.32 Å². The summed E-state index contributed by atoms with van der Waals surface area (Å²) < 4.78 is 10.4. The summed E-state index contributed by atoms with van der Waals surface area (Å²) in [5, 5.41) is 11.8. The molecule has 19 heavy (non-hydrogen) atoms. The van der Waals surface area contributed by atoms with Crippen LogP contribution in [-0.4, -0.2) is 31.8 Å². The summed E-state index contributed by atoms with van der Waals surface area (Å²) in [5.41, 5.74) is 0.939. The summed E-state index contributed by atoms with van der Waals surface area (Å²) in [6.07, 6.45) is 2.80. The van der Waals surface area contributed by atoms with E-state index in [1.54, 1.807) is 14.2 Å². The van der Waals surface area contributed by atoms with Crippen molar-refractivity contribution < 1.29 is 19.4 Å². The van der Waals surface area contributed by atoms with Gasteiger partial charge in [0.1, 0.15) is 11.5 Å². The van der Waals surface area contributed by atoms with Crippen LogP contribution in [-0.2, 0) is 4.79 Å². The van der Waals surface area contributed by atoms with Crippen molar-refractivity contribution in [1.29, 1.82) is 0 Å². The molecule has 0 aromatic heterocycles. The minimum atomic E-state index is -0.731. The highest BCUT2D eigenvalue weighted by atomic mass is 16.5. The average Bonchev–Trinajstić information content (AvgIpc) is 2.41. The topological polar surface area (TPSA) is 67.8 Å². The van der Waals surface area contributed by atoms with E-state index in [-0.39, 0.29) is 6.42 Å². The third-order valence-corrected chi connectivity index (χ3v) is 2.75. The maximum absolute atomic E-state index is 10.4. The fourth-order valence-electron chi connectivity index (χ4n) is 1.72. The van der Waals surface area contributed by atoms with E-state index in [1.807, 2.05) is 18.2 Å². The lowest BCUT2D eigenvalue weighted by Gasteiger charge is -2.10. The van der Waals surface area contributed by atoms with Gasteiger partial charge in [0.25, 0.3) is 0 Å². The molecule has 5 heteroatoms. The van der Waals surface area contributed by atoms with Gasteiger partial charge in [0.2, 0.25) is 0 Å². The third-order valence-electron chi connectivity index (χ3n) is 2.75. The summed E-state index contributed by atoms with van der Waals surface area (Å²) in [4.78, 5) is 10.4. The molecular weight excluding hydrogens is 246 g/mol.